The van der Waals surface area contributed by atoms with Crippen molar-refractivity contribution in [1.82, 2.24) is 4.90 Å². The van der Waals surface area contributed by atoms with E-state index in [-0.39, 0.29) is 0 Å². The van der Waals surface area contributed by atoms with Crippen LogP contribution in [0.4, 0.5) is 0 Å². The van der Waals surface area contributed by atoms with Gasteiger partial charge in [-0.1, -0.05) is 0 Å². The van der Waals surface area contributed by atoms with E-state index >= 15 is 0 Å². The van der Waals surface area contributed by atoms with Crippen LogP contribution in [0, 0.1) is 29.1 Å². The Morgan fingerprint density at radius 3 is 2.21 bits per heavy atom. The maximum absolute atomic E-state index is 5.70. The van der Waals surface area contributed by atoms with Crippen molar-refractivity contribution in [2.24, 2.45) is 34.8 Å². The van der Waals surface area contributed by atoms with Gasteiger partial charge in [-0.25, -0.2) is 0 Å². The van der Waals surface area contributed by atoms with Gasteiger partial charge in [0.1, 0.15) is 0 Å². The fourth-order valence-corrected chi connectivity index (χ4v) is 6.62. The molecule has 1 aliphatic heterocycles. The van der Waals surface area contributed by atoms with Crippen LogP contribution in [-0.2, 0) is 0 Å². The Bertz CT molecular complexity index is 303. The van der Waals surface area contributed by atoms with Gasteiger partial charge in [0.15, 0.2) is 0 Å². The minimum absolute atomic E-state index is 0.790. The average Bonchev–Trinajstić information content (AvgIpc) is 2.74. The van der Waals surface area contributed by atoms with Gasteiger partial charge in [-0.3, -0.25) is 0 Å². The molecule has 2 heteroatoms. The molecule has 4 aliphatic carbocycles. The van der Waals surface area contributed by atoms with E-state index in [2.05, 4.69) is 4.90 Å². The molecule has 2 N–H and O–H groups in total. The van der Waals surface area contributed by atoms with Crippen LogP contribution in [0.3, 0.4) is 0 Å². The number of hydrogen-bond acceptors (Lipinski definition) is 2. The van der Waals surface area contributed by atoms with Crippen molar-refractivity contribution >= 4 is 0 Å². The number of nitrogens with zero attached hydrogens (tertiary/aromatic N) is 1. The van der Waals surface area contributed by atoms with Crippen molar-refractivity contribution in [2.45, 2.75) is 51.4 Å². The van der Waals surface area contributed by atoms with Crippen molar-refractivity contribution in [1.29, 1.82) is 0 Å². The van der Waals surface area contributed by atoms with Crippen LogP contribution >= 0.6 is 0 Å². The number of hydrogen-bond donors (Lipinski definition) is 1. The van der Waals surface area contributed by atoms with E-state index in [0.29, 0.717) is 0 Å². The van der Waals surface area contributed by atoms with Crippen LogP contribution in [0.2, 0.25) is 0 Å². The van der Waals surface area contributed by atoms with Gasteiger partial charge in [-0.05, 0) is 87.0 Å². The standard InChI is InChI=1S/C17H30N2/c18-2-4-19-3-1-13(12-19)8-17-9-14-5-15(10-17)7-16(6-14)11-17/h13-16H,1-12,18H2. The molecule has 0 radical (unpaired) electrons. The summed E-state index contributed by atoms with van der Waals surface area (Å²) in [4.78, 5) is 2.60. The zero-order valence-corrected chi connectivity index (χ0v) is 12.3. The van der Waals surface area contributed by atoms with Gasteiger partial charge >= 0.3 is 0 Å². The summed E-state index contributed by atoms with van der Waals surface area (Å²) in [6.07, 6.45) is 12.5. The Labute approximate surface area is 118 Å². The monoisotopic (exact) mass is 262 g/mol. The van der Waals surface area contributed by atoms with Gasteiger partial charge in [-0.15, -0.1) is 0 Å². The smallest absolute Gasteiger partial charge is 0.0105 e. The zero-order chi connectivity index (χ0) is 12.9. The Hall–Kier alpha value is -0.0800. The fraction of sp³-hybridized carbons (Fsp3) is 1.00. The second-order valence-electron chi connectivity index (χ2n) is 8.37. The summed E-state index contributed by atoms with van der Waals surface area (Å²) >= 11 is 0. The predicted octanol–water partition coefficient (Wildman–Crippen LogP) is 2.87. The maximum atomic E-state index is 5.70. The van der Waals surface area contributed by atoms with Crippen molar-refractivity contribution in [3.05, 3.63) is 0 Å². The highest BCUT2D eigenvalue weighted by atomic mass is 15.1. The number of nitrogens with two attached hydrogens (primary N) is 1. The maximum Gasteiger partial charge on any atom is 0.0105 e. The van der Waals surface area contributed by atoms with E-state index in [1.807, 2.05) is 0 Å². The van der Waals surface area contributed by atoms with Gasteiger partial charge in [0.25, 0.3) is 0 Å². The van der Waals surface area contributed by atoms with Crippen LogP contribution in [-0.4, -0.2) is 31.1 Å². The van der Waals surface area contributed by atoms with Gasteiger partial charge in [0.2, 0.25) is 0 Å². The third-order valence-electron chi connectivity index (χ3n) is 6.70. The van der Waals surface area contributed by atoms with Crippen LogP contribution in [0.5, 0.6) is 0 Å². The summed E-state index contributed by atoms with van der Waals surface area (Å²) in [7, 11) is 0. The average molecular weight is 262 g/mol. The lowest BCUT2D eigenvalue weighted by Crippen LogP contribution is -2.46. The minimum atomic E-state index is 0.790. The summed E-state index contributed by atoms with van der Waals surface area (Å²) in [6, 6.07) is 0. The first-order valence-corrected chi connectivity index (χ1v) is 8.67. The van der Waals surface area contributed by atoms with Crippen molar-refractivity contribution < 1.29 is 0 Å². The summed E-state index contributed by atoms with van der Waals surface area (Å²) in [6.45, 7) is 4.62. The Morgan fingerprint density at radius 2 is 1.63 bits per heavy atom. The van der Waals surface area contributed by atoms with E-state index in [9.17, 15) is 0 Å². The topological polar surface area (TPSA) is 29.3 Å². The van der Waals surface area contributed by atoms with Gasteiger partial charge in [-0.2, -0.15) is 0 Å². The molecule has 0 aromatic rings. The number of likely N-dealkylation sites (tertiary alicyclic amines) is 1. The van der Waals surface area contributed by atoms with Crippen molar-refractivity contribution in [3.63, 3.8) is 0 Å². The number of rotatable bonds is 4. The Morgan fingerprint density at radius 1 is 1.00 bits per heavy atom. The molecule has 2 nitrogen and oxygen atoms in total. The molecule has 5 aliphatic rings. The van der Waals surface area contributed by atoms with E-state index in [1.54, 1.807) is 44.9 Å². The van der Waals surface area contributed by atoms with E-state index in [1.165, 1.54) is 19.5 Å². The van der Waals surface area contributed by atoms with Crippen molar-refractivity contribution in [3.8, 4) is 0 Å². The lowest BCUT2D eigenvalue weighted by Gasteiger charge is -2.57. The molecule has 1 heterocycles. The molecular weight excluding hydrogens is 232 g/mol. The molecular formula is C17H30N2. The van der Waals surface area contributed by atoms with Crippen LogP contribution < -0.4 is 5.73 Å². The molecule has 0 aromatic carbocycles. The normalized spacial score (nSPS) is 49.1. The molecule has 4 bridgehead atoms. The Kier molecular flexibility index (Phi) is 3.15. The first kappa shape index (κ1) is 12.6. The quantitative estimate of drug-likeness (QED) is 0.844. The molecule has 0 spiro atoms. The first-order valence-electron chi connectivity index (χ1n) is 8.67. The third kappa shape index (κ3) is 2.35. The summed E-state index contributed by atoms with van der Waals surface area (Å²) in [5.41, 5.74) is 6.49. The molecule has 1 saturated heterocycles. The molecule has 5 rings (SSSR count). The van der Waals surface area contributed by atoms with Crippen LogP contribution in [0.25, 0.3) is 0 Å². The Balaban J connectivity index is 1.40. The zero-order valence-electron chi connectivity index (χ0n) is 12.3. The second kappa shape index (κ2) is 4.73. The molecule has 1 atom stereocenters. The van der Waals surface area contributed by atoms with Gasteiger partial charge in [0, 0.05) is 19.6 Å². The van der Waals surface area contributed by atoms with Crippen LogP contribution in [0.1, 0.15) is 51.4 Å². The lowest BCUT2D eigenvalue weighted by atomic mass is 9.48. The summed E-state index contributed by atoms with van der Waals surface area (Å²) < 4.78 is 0. The van der Waals surface area contributed by atoms with Crippen molar-refractivity contribution in [2.75, 3.05) is 26.2 Å². The van der Waals surface area contributed by atoms with Crippen LogP contribution in [0.15, 0.2) is 0 Å². The molecule has 1 unspecified atom stereocenters. The molecule has 0 aromatic heterocycles. The van der Waals surface area contributed by atoms with E-state index in [4.69, 9.17) is 5.73 Å². The highest BCUT2D eigenvalue weighted by molar-refractivity contribution is 5.02. The highest BCUT2D eigenvalue weighted by Crippen LogP contribution is 2.62. The molecule has 108 valence electrons. The second-order valence-corrected chi connectivity index (χ2v) is 8.37. The minimum Gasteiger partial charge on any atom is -0.329 e. The predicted molar refractivity (Wildman–Crippen MR) is 78.8 cm³/mol. The van der Waals surface area contributed by atoms with Gasteiger partial charge < -0.3 is 10.6 Å². The van der Waals surface area contributed by atoms with E-state index < -0.39 is 0 Å². The third-order valence-corrected chi connectivity index (χ3v) is 6.70. The molecule has 0 amide bonds. The van der Waals surface area contributed by atoms with Gasteiger partial charge in [0.05, 0.1) is 0 Å². The summed E-state index contributed by atoms with van der Waals surface area (Å²) in [5.74, 6) is 4.34. The fourth-order valence-electron chi connectivity index (χ4n) is 6.62. The largest absolute Gasteiger partial charge is 0.329 e. The highest BCUT2D eigenvalue weighted by Gasteiger charge is 2.51. The molecule has 4 saturated carbocycles. The molecule has 19 heavy (non-hydrogen) atoms. The van der Waals surface area contributed by atoms with E-state index in [0.717, 1.165) is 42.2 Å². The molecule has 5 fully saturated rings. The SMILES string of the molecule is NCCN1CCC(CC23CC4CC(CC(C4)C2)C3)C1. The summed E-state index contributed by atoms with van der Waals surface area (Å²) in [5, 5.41) is 0. The lowest BCUT2D eigenvalue weighted by molar-refractivity contribution is -0.0646. The first-order chi connectivity index (χ1) is 9.25.